The van der Waals surface area contributed by atoms with E-state index in [9.17, 15) is 0 Å². The van der Waals surface area contributed by atoms with Crippen molar-refractivity contribution in [2.24, 2.45) is 5.10 Å². The van der Waals surface area contributed by atoms with E-state index in [1.807, 2.05) is 60.8 Å². The van der Waals surface area contributed by atoms with Gasteiger partial charge < -0.3 is 9.47 Å². The highest BCUT2D eigenvalue weighted by Crippen LogP contribution is 2.27. The van der Waals surface area contributed by atoms with Crippen LogP contribution < -0.4 is 14.9 Å². The van der Waals surface area contributed by atoms with Crippen molar-refractivity contribution in [3.63, 3.8) is 0 Å². The predicted octanol–water partition coefficient (Wildman–Crippen LogP) is 4.66. The summed E-state index contributed by atoms with van der Waals surface area (Å²) in [6.07, 6.45) is 1.75. The normalized spacial score (nSPS) is 10.8. The second-order valence-corrected chi connectivity index (χ2v) is 6.00. The van der Waals surface area contributed by atoms with Crippen LogP contribution in [0.2, 0.25) is 0 Å². The van der Waals surface area contributed by atoms with E-state index in [1.165, 1.54) is 11.3 Å². The molecule has 0 saturated carbocycles. The topological polar surface area (TPSA) is 55.7 Å². The minimum Gasteiger partial charge on any atom is -0.497 e. The highest BCUT2D eigenvalue weighted by atomic mass is 32.1. The third-order valence-electron chi connectivity index (χ3n) is 3.41. The van der Waals surface area contributed by atoms with Crippen molar-refractivity contribution in [2.75, 3.05) is 19.1 Å². The lowest BCUT2D eigenvalue weighted by molar-refractivity contribution is 0.340. The number of hydrogen-bond donors (Lipinski definition) is 1. The molecule has 0 aliphatic rings. The zero-order valence-electron chi connectivity index (χ0n) is 14.1. The number of hydrazone groups is 1. The van der Waals surface area contributed by atoms with Crippen LogP contribution in [0, 0.1) is 0 Å². The average molecular weight is 353 g/mol. The second-order valence-electron chi connectivity index (χ2n) is 5.15. The summed E-state index contributed by atoms with van der Waals surface area (Å²) in [6, 6.07) is 15.6. The van der Waals surface area contributed by atoms with Crippen LogP contribution in [0.1, 0.15) is 12.5 Å². The van der Waals surface area contributed by atoms with Crippen LogP contribution in [0.4, 0.5) is 5.13 Å². The van der Waals surface area contributed by atoms with Crippen LogP contribution in [0.15, 0.2) is 59.0 Å². The molecule has 0 radical (unpaired) electrons. The van der Waals surface area contributed by atoms with E-state index in [0.717, 1.165) is 33.5 Å². The van der Waals surface area contributed by atoms with Crippen molar-refractivity contribution >= 4 is 22.7 Å². The van der Waals surface area contributed by atoms with Gasteiger partial charge in [-0.2, -0.15) is 5.10 Å². The molecule has 2 aromatic carbocycles. The molecule has 0 saturated heterocycles. The first-order chi connectivity index (χ1) is 12.3. The standard InChI is InChI=1S/C19H19N3O2S/c1-3-24-17-9-4-6-14(10-17)12-20-22-19-21-18(13-25-19)15-7-5-8-16(11-15)23-2/h4-13H,3H2,1-2H3,(H,21,22)/b20-12-. The summed E-state index contributed by atoms with van der Waals surface area (Å²) in [5, 5.41) is 6.97. The quantitative estimate of drug-likeness (QED) is 0.496. The summed E-state index contributed by atoms with van der Waals surface area (Å²) in [7, 11) is 1.66. The molecule has 3 aromatic rings. The summed E-state index contributed by atoms with van der Waals surface area (Å²) in [5.74, 6) is 1.65. The number of methoxy groups -OCH3 is 1. The number of nitrogens with zero attached hydrogens (tertiary/aromatic N) is 2. The lowest BCUT2D eigenvalue weighted by Gasteiger charge is -2.02. The molecule has 25 heavy (non-hydrogen) atoms. The minimum absolute atomic E-state index is 0.644. The molecular weight excluding hydrogens is 334 g/mol. The fourth-order valence-electron chi connectivity index (χ4n) is 2.25. The second kappa shape index (κ2) is 8.30. The van der Waals surface area contributed by atoms with Gasteiger partial charge in [0, 0.05) is 10.9 Å². The van der Waals surface area contributed by atoms with Gasteiger partial charge in [0.15, 0.2) is 0 Å². The van der Waals surface area contributed by atoms with Crippen LogP contribution >= 0.6 is 11.3 Å². The number of nitrogens with one attached hydrogen (secondary N) is 1. The highest BCUT2D eigenvalue weighted by molar-refractivity contribution is 7.14. The van der Waals surface area contributed by atoms with Gasteiger partial charge in [0.1, 0.15) is 11.5 Å². The zero-order valence-corrected chi connectivity index (χ0v) is 14.9. The van der Waals surface area contributed by atoms with E-state index in [-0.39, 0.29) is 0 Å². The van der Waals surface area contributed by atoms with Crippen LogP contribution in [0.3, 0.4) is 0 Å². The van der Waals surface area contributed by atoms with Crippen LogP contribution in [0.25, 0.3) is 11.3 Å². The van der Waals surface area contributed by atoms with Crippen molar-refractivity contribution in [1.82, 2.24) is 4.98 Å². The molecule has 0 aliphatic heterocycles. The Morgan fingerprint density at radius 1 is 1.16 bits per heavy atom. The molecule has 0 atom stereocenters. The summed E-state index contributed by atoms with van der Waals surface area (Å²) in [5.41, 5.74) is 5.83. The Labute approximate surface area is 151 Å². The van der Waals surface area contributed by atoms with E-state index >= 15 is 0 Å². The smallest absolute Gasteiger partial charge is 0.203 e. The molecule has 1 aromatic heterocycles. The maximum atomic E-state index is 5.48. The molecule has 0 fully saturated rings. The molecule has 0 aliphatic carbocycles. The van der Waals surface area contributed by atoms with E-state index in [4.69, 9.17) is 9.47 Å². The van der Waals surface area contributed by atoms with E-state index in [2.05, 4.69) is 15.5 Å². The fraction of sp³-hybridized carbons (Fsp3) is 0.158. The Morgan fingerprint density at radius 2 is 2.00 bits per heavy atom. The van der Waals surface area contributed by atoms with Gasteiger partial charge in [-0.25, -0.2) is 4.98 Å². The first kappa shape index (κ1) is 17.0. The molecule has 0 unspecified atom stereocenters. The molecule has 3 rings (SSSR count). The molecule has 6 heteroatoms. The average Bonchev–Trinajstić information content (AvgIpc) is 3.11. The van der Waals surface area contributed by atoms with Crippen molar-refractivity contribution in [3.8, 4) is 22.8 Å². The van der Waals surface area contributed by atoms with Crippen LogP contribution in [0.5, 0.6) is 11.5 Å². The van der Waals surface area contributed by atoms with Gasteiger partial charge in [-0.1, -0.05) is 24.3 Å². The maximum Gasteiger partial charge on any atom is 0.203 e. The SMILES string of the molecule is CCOc1cccc(/C=N\Nc2nc(-c3cccc(OC)c3)cs2)c1. The number of hydrogen-bond acceptors (Lipinski definition) is 6. The van der Waals surface area contributed by atoms with Crippen LogP contribution in [-0.2, 0) is 0 Å². The van der Waals surface area contributed by atoms with Gasteiger partial charge in [0.2, 0.25) is 5.13 Å². The maximum absolute atomic E-state index is 5.48. The lowest BCUT2D eigenvalue weighted by atomic mass is 10.2. The molecule has 128 valence electrons. The van der Waals surface area contributed by atoms with Crippen molar-refractivity contribution in [2.45, 2.75) is 6.92 Å². The third-order valence-corrected chi connectivity index (χ3v) is 4.16. The van der Waals surface area contributed by atoms with Gasteiger partial charge in [0.05, 0.1) is 25.6 Å². The predicted molar refractivity (Wildman–Crippen MR) is 103 cm³/mol. The Bertz CT molecular complexity index is 861. The molecule has 0 bridgehead atoms. The molecule has 5 nitrogen and oxygen atoms in total. The summed E-state index contributed by atoms with van der Waals surface area (Å²) in [4.78, 5) is 4.55. The van der Waals surface area contributed by atoms with Crippen molar-refractivity contribution < 1.29 is 9.47 Å². The van der Waals surface area contributed by atoms with Crippen molar-refractivity contribution in [1.29, 1.82) is 0 Å². The Balaban J connectivity index is 1.66. The van der Waals surface area contributed by atoms with Gasteiger partial charge in [-0.15, -0.1) is 11.3 Å². The fourth-order valence-corrected chi connectivity index (χ4v) is 2.92. The Hall–Kier alpha value is -2.86. The molecule has 0 amide bonds. The first-order valence-corrected chi connectivity index (χ1v) is 8.78. The Morgan fingerprint density at radius 3 is 2.84 bits per heavy atom. The Kier molecular flexibility index (Phi) is 5.64. The zero-order chi connectivity index (χ0) is 17.5. The van der Waals surface area contributed by atoms with Crippen LogP contribution in [-0.4, -0.2) is 24.9 Å². The summed E-state index contributed by atoms with van der Waals surface area (Å²) < 4.78 is 10.7. The number of benzene rings is 2. The van der Waals surface area contributed by atoms with E-state index in [1.54, 1.807) is 13.3 Å². The third kappa shape index (κ3) is 4.58. The van der Waals surface area contributed by atoms with E-state index in [0.29, 0.717) is 6.61 Å². The number of ether oxygens (including phenoxy) is 2. The number of aromatic nitrogens is 1. The minimum atomic E-state index is 0.644. The molecule has 0 spiro atoms. The summed E-state index contributed by atoms with van der Waals surface area (Å²) >= 11 is 1.50. The van der Waals surface area contributed by atoms with Crippen molar-refractivity contribution in [3.05, 3.63) is 59.5 Å². The van der Waals surface area contributed by atoms with Gasteiger partial charge in [0.25, 0.3) is 0 Å². The lowest BCUT2D eigenvalue weighted by Crippen LogP contribution is -1.93. The van der Waals surface area contributed by atoms with Gasteiger partial charge >= 0.3 is 0 Å². The number of anilines is 1. The molecule has 1 heterocycles. The van der Waals surface area contributed by atoms with Gasteiger partial charge in [-0.05, 0) is 36.8 Å². The largest absolute Gasteiger partial charge is 0.497 e. The summed E-state index contributed by atoms with van der Waals surface area (Å²) in [6.45, 7) is 2.61. The molecular formula is C19H19N3O2S. The molecule has 1 N–H and O–H groups in total. The number of rotatable bonds is 7. The monoisotopic (exact) mass is 353 g/mol. The van der Waals surface area contributed by atoms with E-state index < -0.39 is 0 Å². The highest BCUT2D eigenvalue weighted by Gasteiger charge is 2.05. The first-order valence-electron chi connectivity index (χ1n) is 7.90. The number of thiazole rings is 1. The van der Waals surface area contributed by atoms with Gasteiger partial charge in [-0.3, -0.25) is 5.43 Å².